The molecule has 1 heterocycles. The highest BCUT2D eigenvalue weighted by Crippen LogP contribution is 2.22. The van der Waals surface area contributed by atoms with Gasteiger partial charge in [-0.1, -0.05) is 54.1 Å². The van der Waals surface area contributed by atoms with Gasteiger partial charge in [0.05, 0.1) is 11.0 Å². The predicted molar refractivity (Wildman–Crippen MR) is 112 cm³/mol. The average Bonchev–Trinajstić information content (AvgIpc) is 3.05. The Balaban J connectivity index is 1.67. The first kappa shape index (κ1) is 18.1. The SMILES string of the molecule is Nc1cccc(CNC(=O)c2nc3ccc(Cl)cc3n2Cc2ccccc2)c1. The van der Waals surface area contributed by atoms with E-state index < -0.39 is 0 Å². The summed E-state index contributed by atoms with van der Waals surface area (Å²) in [6.07, 6.45) is 0. The third-order valence-corrected chi connectivity index (χ3v) is 4.74. The van der Waals surface area contributed by atoms with Crippen LogP contribution in [0.25, 0.3) is 11.0 Å². The number of fused-ring (bicyclic) bond motifs is 1. The molecule has 0 aliphatic rings. The van der Waals surface area contributed by atoms with Gasteiger partial charge in [-0.15, -0.1) is 0 Å². The first-order chi connectivity index (χ1) is 13.6. The summed E-state index contributed by atoms with van der Waals surface area (Å²) in [5.74, 6) is 0.107. The molecule has 0 spiro atoms. The minimum absolute atomic E-state index is 0.245. The highest BCUT2D eigenvalue weighted by atomic mass is 35.5. The van der Waals surface area contributed by atoms with Crippen molar-refractivity contribution >= 4 is 34.2 Å². The van der Waals surface area contributed by atoms with Gasteiger partial charge in [-0.05, 0) is 41.5 Å². The lowest BCUT2D eigenvalue weighted by Gasteiger charge is -2.10. The Morgan fingerprint density at radius 1 is 1.00 bits per heavy atom. The lowest BCUT2D eigenvalue weighted by atomic mass is 10.2. The maximum absolute atomic E-state index is 12.9. The second-order valence-corrected chi connectivity index (χ2v) is 7.00. The first-order valence-corrected chi connectivity index (χ1v) is 9.30. The van der Waals surface area contributed by atoms with E-state index in [1.807, 2.05) is 71.3 Å². The highest BCUT2D eigenvalue weighted by molar-refractivity contribution is 6.31. The molecule has 0 saturated heterocycles. The number of imidazole rings is 1. The van der Waals surface area contributed by atoms with Gasteiger partial charge < -0.3 is 15.6 Å². The molecule has 140 valence electrons. The number of nitrogens with one attached hydrogen (secondary N) is 1. The Kier molecular flexibility index (Phi) is 5.00. The number of nitrogen functional groups attached to an aromatic ring is 1. The summed E-state index contributed by atoms with van der Waals surface area (Å²) >= 11 is 6.18. The molecule has 0 saturated carbocycles. The van der Waals surface area contributed by atoms with Crippen molar-refractivity contribution in [1.82, 2.24) is 14.9 Å². The first-order valence-electron chi connectivity index (χ1n) is 8.92. The summed E-state index contributed by atoms with van der Waals surface area (Å²) in [6, 6.07) is 22.8. The Bertz CT molecular complexity index is 1140. The number of halogens is 1. The Morgan fingerprint density at radius 3 is 2.57 bits per heavy atom. The Morgan fingerprint density at radius 2 is 1.79 bits per heavy atom. The van der Waals surface area contributed by atoms with E-state index in [0.717, 1.165) is 22.2 Å². The number of nitrogens with two attached hydrogens (primary N) is 1. The molecule has 0 bridgehead atoms. The number of hydrogen-bond acceptors (Lipinski definition) is 3. The van der Waals surface area contributed by atoms with Crippen LogP contribution in [0.2, 0.25) is 5.02 Å². The van der Waals surface area contributed by atoms with Crippen LogP contribution in [-0.4, -0.2) is 15.5 Å². The maximum atomic E-state index is 12.9. The minimum atomic E-state index is -0.245. The molecule has 4 aromatic rings. The van der Waals surface area contributed by atoms with Crippen LogP contribution in [0.5, 0.6) is 0 Å². The van der Waals surface area contributed by atoms with Crippen LogP contribution in [0.1, 0.15) is 21.7 Å². The summed E-state index contributed by atoms with van der Waals surface area (Å²) < 4.78 is 1.89. The van der Waals surface area contributed by atoms with Gasteiger partial charge in [-0.2, -0.15) is 0 Å². The third kappa shape index (κ3) is 3.85. The second-order valence-electron chi connectivity index (χ2n) is 6.57. The zero-order valence-corrected chi connectivity index (χ0v) is 15.9. The van der Waals surface area contributed by atoms with E-state index >= 15 is 0 Å². The van der Waals surface area contributed by atoms with Crippen molar-refractivity contribution in [3.05, 3.63) is 94.8 Å². The van der Waals surface area contributed by atoms with Gasteiger partial charge >= 0.3 is 0 Å². The molecular formula is C22H19ClN4O. The standard InChI is InChI=1S/C22H19ClN4O/c23-17-9-10-19-20(12-17)27(14-15-5-2-1-3-6-15)21(26-19)22(28)25-13-16-7-4-8-18(24)11-16/h1-12H,13-14,24H2,(H,25,28). The number of benzene rings is 3. The van der Waals surface area contributed by atoms with Crippen LogP contribution in [0, 0.1) is 0 Å². The molecule has 6 heteroatoms. The summed E-state index contributed by atoms with van der Waals surface area (Å²) in [5.41, 5.74) is 10.0. The smallest absolute Gasteiger partial charge is 0.287 e. The van der Waals surface area contributed by atoms with Crippen LogP contribution < -0.4 is 11.1 Å². The molecule has 0 aliphatic heterocycles. The number of nitrogens with zero attached hydrogens (tertiary/aromatic N) is 2. The Hall–Kier alpha value is -3.31. The number of hydrogen-bond donors (Lipinski definition) is 2. The van der Waals surface area contributed by atoms with Crippen LogP contribution >= 0.6 is 11.6 Å². The molecule has 1 aromatic heterocycles. The molecule has 5 nitrogen and oxygen atoms in total. The van der Waals surface area contributed by atoms with Gasteiger partial charge in [0.2, 0.25) is 0 Å². The van der Waals surface area contributed by atoms with Crippen molar-refractivity contribution < 1.29 is 4.79 Å². The van der Waals surface area contributed by atoms with E-state index in [2.05, 4.69) is 10.3 Å². The molecule has 0 unspecified atom stereocenters. The fourth-order valence-corrected chi connectivity index (χ4v) is 3.33. The van der Waals surface area contributed by atoms with Crippen molar-refractivity contribution in [3.63, 3.8) is 0 Å². The highest BCUT2D eigenvalue weighted by Gasteiger charge is 2.18. The van der Waals surface area contributed by atoms with E-state index in [4.69, 9.17) is 17.3 Å². The van der Waals surface area contributed by atoms with Gasteiger partial charge in [0.15, 0.2) is 5.82 Å². The van der Waals surface area contributed by atoms with E-state index in [1.165, 1.54) is 0 Å². The van der Waals surface area contributed by atoms with Crippen molar-refractivity contribution in [1.29, 1.82) is 0 Å². The zero-order chi connectivity index (χ0) is 19.5. The molecular weight excluding hydrogens is 372 g/mol. The number of rotatable bonds is 5. The number of anilines is 1. The van der Waals surface area contributed by atoms with Gasteiger partial charge in [-0.3, -0.25) is 4.79 Å². The lowest BCUT2D eigenvalue weighted by Crippen LogP contribution is -2.26. The van der Waals surface area contributed by atoms with Crippen molar-refractivity contribution in [2.75, 3.05) is 5.73 Å². The van der Waals surface area contributed by atoms with Crippen LogP contribution in [0.4, 0.5) is 5.69 Å². The Labute approximate surface area is 167 Å². The van der Waals surface area contributed by atoms with Crippen molar-refractivity contribution in [2.45, 2.75) is 13.1 Å². The van der Waals surface area contributed by atoms with E-state index in [0.29, 0.717) is 29.6 Å². The predicted octanol–water partition coefficient (Wildman–Crippen LogP) is 4.25. The fraction of sp³-hybridized carbons (Fsp3) is 0.0909. The van der Waals surface area contributed by atoms with Gasteiger partial charge in [0.1, 0.15) is 0 Å². The molecule has 28 heavy (non-hydrogen) atoms. The topological polar surface area (TPSA) is 72.9 Å². The van der Waals surface area contributed by atoms with Crippen molar-refractivity contribution in [2.24, 2.45) is 0 Å². The monoisotopic (exact) mass is 390 g/mol. The van der Waals surface area contributed by atoms with Crippen LogP contribution in [-0.2, 0) is 13.1 Å². The molecule has 3 aromatic carbocycles. The summed E-state index contributed by atoms with van der Waals surface area (Å²) in [7, 11) is 0. The van der Waals surface area contributed by atoms with Gasteiger partial charge in [0, 0.05) is 23.8 Å². The number of carbonyl (C=O) groups excluding carboxylic acids is 1. The van der Waals surface area contributed by atoms with Crippen molar-refractivity contribution in [3.8, 4) is 0 Å². The fourth-order valence-electron chi connectivity index (χ4n) is 3.16. The number of amides is 1. The molecule has 0 fully saturated rings. The quantitative estimate of drug-likeness (QED) is 0.500. The summed E-state index contributed by atoms with van der Waals surface area (Å²) in [4.78, 5) is 17.5. The van der Waals surface area contributed by atoms with E-state index in [9.17, 15) is 4.79 Å². The lowest BCUT2D eigenvalue weighted by molar-refractivity contribution is 0.0937. The van der Waals surface area contributed by atoms with Gasteiger partial charge in [0.25, 0.3) is 5.91 Å². The molecule has 1 amide bonds. The summed E-state index contributed by atoms with van der Waals surface area (Å²) in [6.45, 7) is 0.901. The zero-order valence-electron chi connectivity index (χ0n) is 15.1. The molecule has 4 rings (SSSR count). The average molecular weight is 391 g/mol. The minimum Gasteiger partial charge on any atom is -0.399 e. The van der Waals surface area contributed by atoms with E-state index in [1.54, 1.807) is 6.07 Å². The number of carbonyl (C=O) groups is 1. The second kappa shape index (κ2) is 7.74. The van der Waals surface area contributed by atoms with Crippen LogP contribution in [0.3, 0.4) is 0 Å². The molecule has 0 atom stereocenters. The largest absolute Gasteiger partial charge is 0.399 e. The van der Waals surface area contributed by atoms with E-state index in [-0.39, 0.29) is 5.91 Å². The normalized spacial score (nSPS) is 10.9. The third-order valence-electron chi connectivity index (χ3n) is 4.50. The molecule has 3 N–H and O–H groups in total. The number of aromatic nitrogens is 2. The maximum Gasteiger partial charge on any atom is 0.287 e. The summed E-state index contributed by atoms with van der Waals surface area (Å²) in [5, 5.41) is 3.54. The van der Waals surface area contributed by atoms with Crippen LogP contribution in [0.15, 0.2) is 72.8 Å². The van der Waals surface area contributed by atoms with Gasteiger partial charge in [-0.25, -0.2) is 4.98 Å². The molecule has 0 radical (unpaired) electrons. The molecule has 0 aliphatic carbocycles.